The number of nitrogens with one attached hydrogen (secondary N) is 1. The van der Waals surface area contributed by atoms with Crippen LogP contribution in [0.5, 0.6) is 5.75 Å². The van der Waals surface area contributed by atoms with Gasteiger partial charge in [-0.1, -0.05) is 30.3 Å². The van der Waals surface area contributed by atoms with Crippen molar-refractivity contribution in [3.05, 3.63) is 59.7 Å². The number of nitrogens with zero attached hydrogens (tertiary/aromatic N) is 1. The lowest BCUT2D eigenvalue weighted by Gasteiger charge is -2.20. The Morgan fingerprint density at radius 1 is 1.12 bits per heavy atom. The molecule has 2 aromatic carbocycles. The van der Waals surface area contributed by atoms with Gasteiger partial charge in [-0.05, 0) is 25.1 Å². The molecule has 0 atom stereocenters. The van der Waals surface area contributed by atoms with Crippen LogP contribution in [0.25, 0.3) is 0 Å². The van der Waals surface area contributed by atoms with E-state index in [0.29, 0.717) is 23.6 Å². The minimum atomic E-state index is -3.46. The highest BCUT2D eigenvalue weighted by molar-refractivity contribution is 7.92. The van der Waals surface area contributed by atoms with Crippen molar-refractivity contribution in [2.75, 3.05) is 24.2 Å². The summed E-state index contributed by atoms with van der Waals surface area (Å²) in [4.78, 5) is 12.6. The first kappa shape index (κ1) is 18.8. The molecule has 0 radical (unpaired) electrons. The van der Waals surface area contributed by atoms with Gasteiger partial charge in [-0.25, -0.2) is 8.42 Å². The van der Waals surface area contributed by atoms with Gasteiger partial charge in [0.05, 0.1) is 24.1 Å². The molecule has 0 aliphatic heterocycles. The molecule has 0 aliphatic carbocycles. The second-order valence-corrected chi connectivity index (χ2v) is 7.48. The highest BCUT2D eigenvalue weighted by atomic mass is 32.2. The third-order valence-electron chi connectivity index (χ3n) is 3.70. The molecule has 6 nitrogen and oxygen atoms in total. The summed E-state index contributed by atoms with van der Waals surface area (Å²) < 4.78 is 30.2. The number of sulfonamides is 1. The first-order chi connectivity index (χ1) is 11.8. The predicted octanol–water partition coefficient (Wildman–Crippen LogP) is 2.41. The predicted molar refractivity (Wildman–Crippen MR) is 98.5 cm³/mol. The van der Waals surface area contributed by atoms with Gasteiger partial charge in [-0.3, -0.25) is 9.10 Å². The number of rotatable bonds is 7. The average Bonchev–Trinajstić information content (AvgIpc) is 2.59. The molecule has 0 aromatic heterocycles. The van der Waals surface area contributed by atoms with Crippen LogP contribution in [0.2, 0.25) is 0 Å². The summed E-state index contributed by atoms with van der Waals surface area (Å²) in [6, 6.07) is 14.0. The molecule has 0 spiro atoms. The van der Waals surface area contributed by atoms with E-state index in [1.807, 2.05) is 31.2 Å². The number of para-hydroxylation sites is 2. The van der Waals surface area contributed by atoms with Crippen LogP contribution in [0.4, 0.5) is 5.69 Å². The monoisotopic (exact) mass is 362 g/mol. The standard InChI is InChI=1S/C18H22N2O4S/c1-4-24-17-12-8-5-9-14(17)13-19-18(21)15-10-6-7-11-16(15)20(2)25(3,22)23/h5-12H,4,13H2,1-3H3,(H,19,21). The summed E-state index contributed by atoms with van der Waals surface area (Å²) in [7, 11) is -2.04. The van der Waals surface area contributed by atoms with Crippen molar-refractivity contribution in [2.45, 2.75) is 13.5 Å². The maximum absolute atomic E-state index is 12.6. The van der Waals surface area contributed by atoms with Crippen molar-refractivity contribution in [3.63, 3.8) is 0 Å². The van der Waals surface area contributed by atoms with E-state index in [-0.39, 0.29) is 12.5 Å². The number of carbonyl (C=O) groups is 1. The van der Waals surface area contributed by atoms with Crippen LogP contribution in [0, 0.1) is 0 Å². The van der Waals surface area contributed by atoms with Crippen LogP contribution in [0.15, 0.2) is 48.5 Å². The van der Waals surface area contributed by atoms with Gasteiger partial charge in [-0.15, -0.1) is 0 Å². The molecular formula is C18H22N2O4S. The maximum atomic E-state index is 12.6. The van der Waals surface area contributed by atoms with E-state index in [1.54, 1.807) is 24.3 Å². The maximum Gasteiger partial charge on any atom is 0.253 e. The smallest absolute Gasteiger partial charge is 0.253 e. The molecule has 2 aromatic rings. The summed E-state index contributed by atoms with van der Waals surface area (Å²) in [5, 5.41) is 2.82. The molecular weight excluding hydrogens is 340 g/mol. The Bertz CT molecular complexity index is 850. The van der Waals surface area contributed by atoms with Crippen LogP contribution in [-0.4, -0.2) is 34.2 Å². The van der Waals surface area contributed by atoms with Crippen LogP contribution in [0.1, 0.15) is 22.8 Å². The lowest BCUT2D eigenvalue weighted by molar-refractivity contribution is 0.0951. The van der Waals surface area contributed by atoms with Gasteiger partial charge in [0.25, 0.3) is 5.91 Å². The first-order valence-corrected chi connectivity index (χ1v) is 9.71. The highest BCUT2D eigenvalue weighted by Crippen LogP contribution is 2.22. The van der Waals surface area contributed by atoms with E-state index in [4.69, 9.17) is 4.74 Å². The van der Waals surface area contributed by atoms with Gasteiger partial charge in [0, 0.05) is 19.2 Å². The molecule has 0 fully saturated rings. The zero-order valence-electron chi connectivity index (χ0n) is 14.5. The molecule has 0 heterocycles. The van der Waals surface area contributed by atoms with Crippen LogP contribution in [0.3, 0.4) is 0 Å². The number of amides is 1. The molecule has 0 saturated carbocycles. The van der Waals surface area contributed by atoms with E-state index in [0.717, 1.165) is 16.1 Å². The number of hydrogen-bond donors (Lipinski definition) is 1. The Hall–Kier alpha value is -2.54. The highest BCUT2D eigenvalue weighted by Gasteiger charge is 2.19. The van der Waals surface area contributed by atoms with E-state index >= 15 is 0 Å². The number of ether oxygens (including phenoxy) is 1. The Morgan fingerprint density at radius 3 is 2.44 bits per heavy atom. The first-order valence-electron chi connectivity index (χ1n) is 7.86. The average molecular weight is 362 g/mol. The third kappa shape index (κ3) is 4.73. The number of hydrogen-bond acceptors (Lipinski definition) is 4. The Morgan fingerprint density at radius 2 is 1.76 bits per heavy atom. The van der Waals surface area contributed by atoms with Crippen molar-refractivity contribution in [1.29, 1.82) is 0 Å². The molecule has 0 aliphatic rings. The van der Waals surface area contributed by atoms with Crippen molar-refractivity contribution < 1.29 is 17.9 Å². The molecule has 7 heteroatoms. The molecule has 1 N–H and O–H groups in total. The van der Waals surface area contributed by atoms with Gasteiger partial charge in [0.2, 0.25) is 10.0 Å². The molecule has 134 valence electrons. The SMILES string of the molecule is CCOc1ccccc1CNC(=O)c1ccccc1N(C)S(C)(=O)=O. The van der Waals surface area contributed by atoms with Crippen molar-refractivity contribution in [3.8, 4) is 5.75 Å². The van der Waals surface area contributed by atoms with Crippen LogP contribution < -0.4 is 14.4 Å². The Kier molecular flexibility index (Phi) is 6.03. The van der Waals surface area contributed by atoms with Crippen molar-refractivity contribution in [1.82, 2.24) is 5.32 Å². The molecule has 1 amide bonds. The van der Waals surface area contributed by atoms with Gasteiger partial charge < -0.3 is 10.1 Å². The van der Waals surface area contributed by atoms with Gasteiger partial charge in [0.1, 0.15) is 5.75 Å². The minimum absolute atomic E-state index is 0.284. The second-order valence-electron chi connectivity index (χ2n) is 5.47. The molecule has 2 rings (SSSR count). The van der Waals surface area contributed by atoms with E-state index in [1.165, 1.54) is 7.05 Å². The van der Waals surface area contributed by atoms with Crippen molar-refractivity contribution >= 4 is 21.6 Å². The third-order valence-corrected chi connectivity index (χ3v) is 4.89. The zero-order chi connectivity index (χ0) is 18.4. The van der Waals surface area contributed by atoms with Crippen LogP contribution >= 0.6 is 0 Å². The van der Waals surface area contributed by atoms with E-state index in [9.17, 15) is 13.2 Å². The minimum Gasteiger partial charge on any atom is -0.494 e. The van der Waals surface area contributed by atoms with Gasteiger partial charge >= 0.3 is 0 Å². The lowest BCUT2D eigenvalue weighted by atomic mass is 10.1. The summed E-state index contributed by atoms with van der Waals surface area (Å²) in [6.07, 6.45) is 1.10. The topological polar surface area (TPSA) is 75.7 Å². The van der Waals surface area contributed by atoms with E-state index in [2.05, 4.69) is 5.32 Å². The van der Waals surface area contributed by atoms with Crippen molar-refractivity contribution in [2.24, 2.45) is 0 Å². The normalized spacial score (nSPS) is 11.0. The van der Waals surface area contributed by atoms with E-state index < -0.39 is 10.0 Å². The molecule has 25 heavy (non-hydrogen) atoms. The molecule has 0 unspecified atom stereocenters. The summed E-state index contributed by atoms with van der Waals surface area (Å²) in [6.45, 7) is 2.71. The Labute approximate surface area is 148 Å². The van der Waals surface area contributed by atoms with Gasteiger partial charge in [-0.2, -0.15) is 0 Å². The fourth-order valence-electron chi connectivity index (χ4n) is 2.34. The quantitative estimate of drug-likeness (QED) is 0.821. The number of benzene rings is 2. The second kappa shape index (κ2) is 8.02. The fourth-order valence-corrected chi connectivity index (χ4v) is 2.85. The number of anilines is 1. The summed E-state index contributed by atoms with van der Waals surface area (Å²) >= 11 is 0. The number of carbonyl (C=O) groups excluding carboxylic acids is 1. The zero-order valence-corrected chi connectivity index (χ0v) is 15.3. The largest absolute Gasteiger partial charge is 0.494 e. The van der Waals surface area contributed by atoms with Gasteiger partial charge in [0.15, 0.2) is 0 Å². The van der Waals surface area contributed by atoms with Crippen LogP contribution in [-0.2, 0) is 16.6 Å². The summed E-state index contributed by atoms with van der Waals surface area (Å²) in [5.74, 6) is 0.365. The summed E-state index contributed by atoms with van der Waals surface area (Å²) in [5.41, 5.74) is 1.48. The molecule has 0 saturated heterocycles. The lowest BCUT2D eigenvalue weighted by Crippen LogP contribution is -2.29. The Balaban J connectivity index is 2.20. The molecule has 0 bridgehead atoms. The fraction of sp³-hybridized carbons (Fsp3) is 0.278.